The van der Waals surface area contributed by atoms with Gasteiger partial charge in [0.25, 0.3) is 0 Å². The van der Waals surface area contributed by atoms with E-state index in [4.69, 9.17) is 0 Å². The molecule has 0 aromatic heterocycles. The second-order valence-electron chi connectivity index (χ2n) is 9.30. The van der Waals surface area contributed by atoms with Crippen molar-refractivity contribution in [1.29, 1.82) is 0 Å². The fraction of sp³-hybridized carbons (Fsp3) is 0.357. The molecule has 0 bridgehead atoms. The van der Waals surface area contributed by atoms with Crippen LogP contribution >= 0.6 is 0 Å². The van der Waals surface area contributed by atoms with Crippen LogP contribution in [-0.4, -0.2) is 0 Å². The van der Waals surface area contributed by atoms with Gasteiger partial charge in [-0.1, -0.05) is 99.8 Å². The smallest absolute Gasteiger partial charge is 0.0158 e. The van der Waals surface area contributed by atoms with Crippen LogP contribution in [0, 0.1) is 0 Å². The van der Waals surface area contributed by atoms with Crippen LogP contribution in [0.15, 0.2) is 66.7 Å². The third-order valence-electron chi connectivity index (χ3n) is 7.11. The molecule has 0 heterocycles. The molecule has 0 N–H and O–H groups in total. The largest absolute Gasteiger partial charge is 0.0619 e. The van der Waals surface area contributed by atoms with Crippen LogP contribution in [0.25, 0.3) is 11.1 Å². The Hall–Kier alpha value is -2.34. The molecule has 2 aliphatic carbocycles. The van der Waals surface area contributed by atoms with Crippen molar-refractivity contribution in [3.05, 3.63) is 94.5 Å². The van der Waals surface area contributed by atoms with Gasteiger partial charge in [-0.2, -0.15) is 0 Å². The van der Waals surface area contributed by atoms with Crippen molar-refractivity contribution in [3.8, 4) is 11.1 Å². The first-order valence-corrected chi connectivity index (χ1v) is 10.9. The highest BCUT2D eigenvalue weighted by molar-refractivity contribution is 5.80. The third kappa shape index (κ3) is 3.00. The minimum Gasteiger partial charge on any atom is -0.0619 e. The summed E-state index contributed by atoms with van der Waals surface area (Å²) in [5, 5.41) is 0. The molecule has 1 saturated carbocycles. The molecule has 142 valence electrons. The summed E-state index contributed by atoms with van der Waals surface area (Å²) >= 11 is 0. The van der Waals surface area contributed by atoms with Crippen LogP contribution in [0.1, 0.15) is 79.7 Å². The zero-order valence-corrected chi connectivity index (χ0v) is 17.2. The Morgan fingerprint density at radius 2 is 1.39 bits per heavy atom. The summed E-state index contributed by atoms with van der Waals surface area (Å²) in [7, 11) is 0. The lowest BCUT2D eigenvalue weighted by Crippen LogP contribution is -2.15. The zero-order valence-electron chi connectivity index (χ0n) is 17.2. The Morgan fingerprint density at radius 3 is 2.18 bits per heavy atom. The molecular weight excluding hydrogens is 336 g/mol. The summed E-state index contributed by atoms with van der Waals surface area (Å²) in [5.41, 5.74) is 10.2. The van der Waals surface area contributed by atoms with Crippen molar-refractivity contribution in [2.24, 2.45) is 0 Å². The van der Waals surface area contributed by atoms with Gasteiger partial charge in [0.1, 0.15) is 0 Å². The van der Waals surface area contributed by atoms with Gasteiger partial charge in [0, 0.05) is 5.41 Å². The van der Waals surface area contributed by atoms with Crippen molar-refractivity contribution in [2.75, 3.05) is 0 Å². The Morgan fingerprint density at radius 1 is 0.714 bits per heavy atom. The van der Waals surface area contributed by atoms with E-state index < -0.39 is 0 Å². The van der Waals surface area contributed by atoms with E-state index in [1.807, 2.05) is 0 Å². The van der Waals surface area contributed by atoms with Gasteiger partial charge in [0.05, 0.1) is 0 Å². The molecule has 0 amide bonds. The molecule has 3 aromatic carbocycles. The summed E-state index contributed by atoms with van der Waals surface area (Å²) < 4.78 is 0. The normalized spacial score (nSPS) is 17.9. The van der Waals surface area contributed by atoms with Gasteiger partial charge in [-0.25, -0.2) is 0 Å². The molecule has 2 aliphatic rings. The molecule has 0 saturated heterocycles. The molecule has 0 radical (unpaired) electrons. The summed E-state index contributed by atoms with van der Waals surface area (Å²) in [6, 6.07) is 25.5. The number of fused-ring (bicyclic) bond motifs is 3. The van der Waals surface area contributed by atoms with Crippen molar-refractivity contribution in [1.82, 2.24) is 0 Å². The van der Waals surface area contributed by atoms with Crippen LogP contribution in [0.3, 0.4) is 0 Å². The van der Waals surface area contributed by atoms with Gasteiger partial charge in [-0.3, -0.25) is 0 Å². The topological polar surface area (TPSA) is 0 Å². The molecule has 0 spiro atoms. The maximum absolute atomic E-state index is 2.45. The molecule has 0 nitrogen and oxygen atoms in total. The van der Waals surface area contributed by atoms with Crippen LogP contribution < -0.4 is 0 Å². The lowest BCUT2D eigenvalue weighted by Gasteiger charge is -2.22. The second kappa shape index (κ2) is 6.92. The first kappa shape index (κ1) is 17.7. The quantitative estimate of drug-likeness (QED) is 0.447. The molecule has 28 heavy (non-hydrogen) atoms. The van der Waals surface area contributed by atoms with E-state index in [0.717, 1.165) is 12.3 Å². The Balaban J connectivity index is 1.39. The minimum absolute atomic E-state index is 0.0901. The van der Waals surface area contributed by atoms with E-state index in [9.17, 15) is 0 Å². The highest BCUT2D eigenvalue weighted by Crippen LogP contribution is 2.48. The predicted octanol–water partition coefficient (Wildman–Crippen LogP) is 7.63. The maximum Gasteiger partial charge on any atom is 0.0158 e. The standard InChI is InChI=1S/C28H30/c1-28(2)26-11-7-6-10-24(26)25-17-14-21(19-27(25)28)18-20-12-15-23(16-13-20)22-8-4-3-5-9-22/h6-7,10-17,19,22H,3-5,8-9,18H2,1-2H3. The minimum atomic E-state index is 0.0901. The van der Waals surface area contributed by atoms with Crippen molar-refractivity contribution >= 4 is 0 Å². The number of benzene rings is 3. The SMILES string of the molecule is CC1(C)c2ccccc2-c2ccc(Cc3ccc(C4CCCCC4)cc3)cc21. The summed E-state index contributed by atoms with van der Waals surface area (Å²) in [6.45, 7) is 4.72. The number of rotatable bonds is 3. The fourth-order valence-corrected chi connectivity index (χ4v) is 5.44. The van der Waals surface area contributed by atoms with E-state index in [0.29, 0.717) is 0 Å². The summed E-state index contributed by atoms with van der Waals surface area (Å²) in [6.07, 6.45) is 8.00. The van der Waals surface area contributed by atoms with E-state index in [1.54, 1.807) is 5.56 Å². The summed E-state index contributed by atoms with van der Waals surface area (Å²) in [5.74, 6) is 0.794. The van der Waals surface area contributed by atoms with E-state index in [-0.39, 0.29) is 5.41 Å². The van der Waals surface area contributed by atoms with Gasteiger partial charge in [0.2, 0.25) is 0 Å². The number of hydrogen-bond donors (Lipinski definition) is 0. The van der Waals surface area contributed by atoms with Crippen LogP contribution in [0.2, 0.25) is 0 Å². The van der Waals surface area contributed by atoms with Crippen LogP contribution in [0.5, 0.6) is 0 Å². The molecule has 3 aromatic rings. The van der Waals surface area contributed by atoms with Crippen molar-refractivity contribution in [2.45, 2.75) is 63.7 Å². The lowest BCUT2D eigenvalue weighted by molar-refractivity contribution is 0.443. The molecular formula is C28H30. The highest BCUT2D eigenvalue weighted by Gasteiger charge is 2.35. The van der Waals surface area contributed by atoms with Crippen LogP contribution in [0.4, 0.5) is 0 Å². The van der Waals surface area contributed by atoms with Gasteiger partial charge in [-0.15, -0.1) is 0 Å². The van der Waals surface area contributed by atoms with Gasteiger partial charge < -0.3 is 0 Å². The van der Waals surface area contributed by atoms with E-state index in [1.165, 1.54) is 65.5 Å². The van der Waals surface area contributed by atoms with Gasteiger partial charge in [0.15, 0.2) is 0 Å². The summed E-state index contributed by atoms with van der Waals surface area (Å²) in [4.78, 5) is 0. The molecule has 0 unspecified atom stereocenters. The Kier molecular flexibility index (Phi) is 4.38. The maximum atomic E-state index is 2.45. The average Bonchev–Trinajstić information content (AvgIpc) is 2.97. The molecule has 5 rings (SSSR count). The predicted molar refractivity (Wildman–Crippen MR) is 119 cm³/mol. The Labute approximate surface area is 169 Å². The second-order valence-corrected chi connectivity index (χ2v) is 9.30. The fourth-order valence-electron chi connectivity index (χ4n) is 5.44. The number of hydrogen-bond acceptors (Lipinski definition) is 0. The Bertz CT molecular complexity index is 985. The van der Waals surface area contributed by atoms with E-state index >= 15 is 0 Å². The average molecular weight is 367 g/mol. The van der Waals surface area contributed by atoms with E-state index in [2.05, 4.69) is 80.6 Å². The monoisotopic (exact) mass is 366 g/mol. The molecule has 0 aliphatic heterocycles. The van der Waals surface area contributed by atoms with Crippen molar-refractivity contribution in [3.63, 3.8) is 0 Å². The zero-order chi connectivity index (χ0) is 19.1. The third-order valence-corrected chi connectivity index (χ3v) is 7.11. The molecule has 1 fully saturated rings. The van der Waals surface area contributed by atoms with Gasteiger partial charge in [-0.05, 0) is 64.1 Å². The first-order chi connectivity index (χ1) is 13.6. The van der Waals surface area contributed by atoms with Crippen LogP contribution in [-0.2, 0) is 11.8 Å². The van der Waals surface area contributed by atoms with Crippen molar-refractivity contribution < 1.29 is 0 Å². The molecule has 0 atom stereocenters. The molecule has 0 heteroatoms. The van der Waals surface area contributed by atoms with Gasteiger partial charge >= 0.3 is 0 Å². The lowest BCUT2D eigenvalue weighted by atomic mass is 9.81. The first-order valence-electron chi connectivity index (χ1n) is 10.9. The highest BCUT2D eigenvalue weighted by atomic mass is 14.4.